The highest BCUT2D eigenvalue weighted by molar-refractivity contribution is 5.97. The molecule has 0 heterocycles. The summed E-state index contributed by atoms with van der Waals surface area (Å²) in [5.74, 6) is 0. The van der Waals surface area contributed by atoms with E-state index >= 15 is 0 Å². The van der Waals surface area contributed by atoms with Crippen molar-refractivity contribution >= 4 is 17.1 Å². The summed E-state index contributed by atoms with van der Waals surface area (Å²) in [6.07, 6.45) is 0. The summed E-state index contributed by atoms with van der Waals surface area (Å²) >= 11 is 0. The van der Waals surface area contributed by atoms with E-state index in [0.717, 1.165) is 28.1 Å². The van der Waals surface area contributed by atoms with Crippen LogP contribution in [0, 0.1) is 0 Å². The fourth-order valence-corrected chi connectivity index (χ4v) is 8.18. The number of nitrogens with two attached hydrogens (primary N) is 1. The van der Waals surface area contributed by atoms with Gasteiger partial charge in [0.25, 0.3) is 0 Å². The zero-order chi connectivity index (χ0) is 37.0. The molecule has 1 aliphatic carbocycles. The van der Waals surface area contributed by atoms with Crippen LogP contribution in [0.15, 0.2) is 164 Å². The van der Waals surface area contributed by atoms with Crippen LogP contribution in [0.4, 0.5) is 17.1 Å². The molecule has 0 saturated carbocycles. The molecule has 0 aromatic heterocycles. The molecular formula is C51H48N2. The summed E-state index contributed by atoms with van der Waals surface area (Å²) in [7, 11) is 0. The van der Waals surface area contributed by atoms with E-state index in [9.17, 15) is 0 Å². The first-order valence-corrected chi connectivity index (χ1v) is 18.7. The predicted octanol–water partition coefficient (Wildman–Crippen LogP) is 13.3. The van der Waals surface area contributed by atoms with Crippen molar-refractivity contribution in [3.8, 4) is 33.4 Å². The van der Waals surface area contributed by atoms with Gasteiger partial charge in [-0.15, -0.1) is 0 Å². The van der Waals surface area contributed by atoms with E-state index in [0.29, 0.717) is 5.69 Å². The molecule has 0 fully saturated rings. The molecule has 262 valence electrons. The average Bonchev–Trinajstić information content (AvgIpc) is 3.46. The lowest BCUT2D eigenvalue weighted by atomic mass is 9.67. The number of rotatable bonds is 6. The number of anilines is 3. The molecule has 8 rings (SSSR count). The van der Waals surface area contributed by atoms with Gasteiger partial charge in [-0.2, -0.15) is 0 Å². The second kappa shape index (κ2) is 13.0. The summed E-state index contributed by atoms with van der Waals surface area (Å²) in [5.41, 5.74) is 23.7. The van der Waals surface area contributed by atoms with Crippen molar-refractivity contribution in [2.24, 2.45) is 0 Å². The number of nitrogen functional groups attached to an aromatic ring is 1. The molecule has 53 heavy (non-hydrogen) atoms. The van der Waals surface area contributed by atoms with Crippen LogP contribution in [0.5, 0.6) is 0 Å². The Morgan fingerprint density at radius 2 is 0.943 bits per heavy atom. The van der Waals surface area contributed by atoms with Crippen molar-refractivity contribution in [2.45, 2.75) is 57.8 Å². The molecule has 1 aliphatic rings. The summed E-state index contributed by atoms with van der Waals surface area (Å²) < 4.78 is 0. The van der Waals surface area contributed by atoms with Crippen molar-refractivity contribution in [1.29, 1.82) is 0 Å². The maximum atomic E-state index is 6.61. The van der Waals surface area contributed by atoms with Crippen LogP contribution in [0.3, 0.4) is 0 Å². The van der Waals surface area contributed by atoms with Crippen molar-refractivity contribution in [2.75, 3.05) is 11.1 Å². The fraction of sp³-hybridized carbons (Fsp3) is 0.176. The highest BCUT2D eigenvalue weighted by atomic mass is 14.9. The first-order chi connectivity index (χ1) is 25.5. The smallest absolute Gasteiger partial charge is 0.0713 e. The predicted molar refractivity (Wildman–Crippen MR) is 226 cm³/mol. The molecule has 0 radical (unpaired) electrons. The van der Waals surface area contributed by atoms with Gasteiger partial charge in [-0.05, 0) is 84.7 Å². The van der Waals surface area contributed by atoms with Crippen molar-refractivity contribution in [3.05, 3.63) is 197 Å². The van der Waals surface area contributed by atoms with Gasteiger partial charge in [-0.25, -0.2) is 0 Å². The van der Waals surface area contributed by atoms with Crippen LogP contribution in [-0.4, -0.2) is 0 Å². The van der Waals surface area contributed by atoms with Crippen molar-refractivity contribution < 1.29 is 0 Å². The molecule has 0 aliphatic heterocycles. The van der Waals surface area contributed by atoms with E-state index in [2.05, 4.69) is 192 Å². The summed E-state index contributed by atoms with van der Waals surface area (Å²) in [5, 5.41) is 3.85. The van der Waals surface area contributed by atoms with Crippen LogP contribution >= 0.6 is 0 Å². The van der Waals surface area contributed by atoms with Gasteiger partial charge in [0, 0.05) is 11.1 Å². The zero-order valence-electron chi connectivity index (χ0n) is 31.7. The minimum atomic E-state index is -0.439. The number of fused-ring (bicyclic) bond motifs is 3. The number of hydrogen-bond donors (Lipinski definition) is 2. The summed E-state index contributed by atoms with van der Waals surface area (Å²) in [4.78, 5) is 0. The molecule has 7 aromatic carbocycles. The molecular weight excluding hydrogens is 641 g/mol. The summed E-state index contributed by atoms with van der Waals surface area (Å²) in [6, 6.07) is 59.9. The van der Waals surface area contributed by atoms with Crippen LogP contribution in [0.2, 0.25) is 0 Å². The molecule has 0 unspecified atom stereocenters. The van der Waals surface area contributed by atoms with E-state index in [1.54, 1.807) is 0 Å². The van der Waals surface area contributed by atoms with Gasteiger partial charge in [0.1, 0.15) is 0 Å². The minimum Gasteiger partial charge on any atom is -0.397 e. The Kier molecular flexibility index (Phi) is 8.38. The van der Waals surface area contributed by atoms with Gasteiger partial charge in [0.2, 0.25) is 0 Å². The first kappa shape index (κ1) is 34.2. The van der Waals surface area contributed by atoms with Gasteiger partial charge in [0.05, 0.1) is 22.5 Å². The van der Waals surface area contributed by atoms with Crippen LogP contribution in [-0.2, 0) is 16.2 Å². The van der Waals surface area contributed by atoms with Crippen LogP contribution < -0.4 is 11.1 Å². The lowest BCUT2D eigenvalue weighted by Crippen LogP contribution is -2.28. The van der Waals surface area contributed by atoms with Gasteiger partial charge >= 0.3 is 0 Å². The molecule has 0 bridgehead atoms. The van der Waals surface area contributed by atoms with Crippen molar-refractivity contribution in [3.63, 3.8) is 0 Å². The Morgan fingerprint density at radius 1 is 0.434 bits per heavy atom. The largest absolute Gasteiger partial charge is 0.397 e. The second-order valence-electron chi connectivity index (χ2n) is 16.5. The normalized spacial score (nSPS) is 13.3. The molecule has 3 N–H and O–H groups in total. The number of para-hydroxylation sites is 3. The highest BCUT2D eigenvalue weighted by Gasteiger charge is 2.46. The lowest BCUT2D eigenvalue weighted by Gasteiger charge is -2.34. The highest BCUT2D eigenvalue weighted by Crippen LogP contribution is 2.57. The quantitative estimate of drug-likeness (QED) is 0.171. The second-order valence-corrected chi connectivity index (χ2v) is 16.5. The minimum absolute atomic E-state index is 0.0115. The van der Waals surface area contributed by atoms with E-state index < -0.39 is 5.41 Å². The van der Waals surface area contributed by atoms with Gasteiger partial charge in [-0.3, -0.25) is 0 Å². The Morgan fingerprint density at radius 3 is 1.55 bits per heavy atom. The number of nitrogens with one attached hydrogen (secondary N) is 1. The standard InChI is InChI=1S/C51H48N2/c1-49(2,3)38-30-35(31-39(33-38)50(4,5)6)41-24-17-23-40(48(41)53-47-27-16-15-26-46(47)52)34-28-29-45-43(32-34)42-22-13-14-25-44(42)51(45,36-18-9-7-10-19-36)37-20-11-8-12-21-37/h7-33,53H,52H2,1-6H3. The topological polar surface area (TPSA) is 38.0 Å². The maximum absolute atomic E-state index is 6.61. The Bertz CT molecular complexity index is 2370. The van der Waals surface area contributed by atoms with Gasteiger partial charge < -0.3 is 11.1 Å². The molecule has 7 aromatic rings. The van der Waals surface area contributed by atoms with Crippen LogP contribution in [0.25, 0.3) is 33.4 Å². The van der Waals surface area contributed by atoms with E-state index in [1.807, 2.05) is 18.2 Å². The third-order valence-electron chi connectivity index (χ3n) is 11.0. The lowest BCUT2D eigenvalue weighted by molar-refractivity contribution is 0.569. The maximum Gasteiger partial charge on any atom is 0.0713 e. The third-order valence-corrected chi connectivity index (χ3v) is 11.0. The van der Waals surface area contributed by atoms with E-state index in [4.69, 9.17) is 5.73 Å². The Balaban J connectivity index is 1.39. The summed E-state index contributed by atoms with van der Waals surface area (Å²) in [6.45, 7) is 13.8. The fourth-order valence-electron chi connectivity index (χ4n) is 8.18. The van der Waals surface area contributed by atoms with E-state index in [1.165, 1.54) is 50.1 Å². The zero-order valence-corrected chi connectivity index (χ0v) is 31.7. The number of benzene rings is 7. The molecule has 0 saturated heterocycles. The molecule has 2 heteroatoms. The monoisotopic (exact) mass is 688 g/mol. The first-order valence-electron chi connectivity index (χ1n) is 18.7. The van der Waals surface area contributed by atoms with Crippen LogP contribution in [0.1, 0.15) is 74.9 Å². The molecule has 0 spiro atoms. The molecule has 0 amide bonds. The average molecular weight is 689 g/mol. The molecule has 2 nitrogen and oxygen atoms in total. The Labute approximate surface area is 315 Å². The van der Waals surface area contributed by atoms with Gasteiger partial charge in [0.15, 0.2) is 0 Å². The van der Waals surface area contributed by atoms with Gasteiger partial charge in [-0.1, -0.05) is 187 Å². The molecule has 0 atom stereocenters. The number of hydrogen-bond acceptors (Lipinski definition) is 2. The third kappa shape index (κ3) is 5.93. The Hall–Kier alpha value is -5.86. The van der Waals surface area contributed by atoms with E-state index in [-0.39, 0.29) is 10.8 Å². The SMILES string of the molecule is CC(C)(C)c1cc(-c2cccc(-c3ccc4c(c3)-c3ccccc3C4(c3ccccc3)c3ccccc3)c2Nc2ccccc2N)cc(C(C)(C)C)c1. The van der Waals surface area contributed by atoms with Crippen molar-refractivity contribution in [1.82, 2.24) is 0 Å².